The van der Waals surface area contributed by atoms with Crippen LogP contribution in [0.5, 0.6) is 11.5 Å². The first kappa shape index (κ1) is 21.6. The fourth-order valence-electron chi connectivity index (χ4n) is 4.14. The zero-order chi connectivity index (χ0) is 23.5. The molecular weight excluding hydrogens is 432 g/mol. The Morgan fingerprint density at radius 3 is 2.62 bits per heavy atom. The number of ether oxygens (including phenoxy) is 1. The van der Waals surface area contributed by atoms with Gasteiger partial charge >= 0.3 is 6.03 Å². The van der Waals surface area contributed by atoms with Crippen LogP contribution in [0.3, 0.4) is 0 Å². The summed E-state index contributed by atoms with van der Waals surface area (Å²) in [6, 6.07) is 13.6. The predicted octanol–water partition coefficient (Wildman–Crippen LogP) is 3.87. The van der Waals surface area contributed by atoms with Crippen LogP contribution in [0.4, 0.5) is 10.6 Å². The highest BCUT2D eigenvalue weighted by atomic mass is 16.5. The van der Waals surface area contributed by atoms with Crippen LogP contribution in [0, 0.1) is 0 Å². The van der Waals surface area contributed by atoms with E-state index in [1.807, 2.05) is 12.1 Å². The van der Waals surface area contributed by atoms with Crippen molar-refractivity contribution in [3.8, 4) is 11.5 Å². The molecule has 0 spiro atoms. The van der Waals surface area contributed by atoms with Crippen LogP contribution in [0.25, 0.3) is 10.9 Å². The second-order valence-electron chi connectivity index (χ2n) is 8.17. The maximum absolute atomic E-state index is 12.7. The highest BCUT2D eigenvalue weighted by Crippen LogP contribution is 2.27. The summed E-state index contributed by atoms with van der Waals surface area (Å²) in [6.07, 6.45) is 6.90. The highest BCUT2D eigenvalue weighted by Gasteiger charge is 2.17. The number of piperidine rings is 1. The number of primary amides is 1. The average Bonchev–Trinajstić information content (AvgIpc) is 3.29. The topological polar surface area (TPSA) is 124 Å². The molecule has 172 valence electrons. The molecule has 9 heteroatoms. The molecule has 3 aromatic heterocycles. The molecule has 34 heavy (non-hydrogen) atoms. The Morgan fingerprint density at radius 1 is 1.03 bits per heavy atom. The number of carbonyl (C=O) groups is 2. The Morgan fingerprint density at radius 2 is 1.85 bits per heavy atom. The van der Waals surface area contributed by atoms with Gasteiger partial charge in [-0.15, -0.1) is 0 Å². The summed E-state index contributed by atoms with van der Waals surface area (Å²) in [6.45, 7) is 1.99. The van der Waals surface area contributed by atoms with Crippen LogP contribution in [-0.4, -0.2) is 39.6 Å². The number of pyridine rings is 2. The quantitative estimate of drug-likeness (QED) is 0.419. The summed E-state index contributed by atoms with van der Waals surface area (Å²) in [5.74, 6) is 1.60. The third kappa shape index (κ3) is 4.60. The molecule has 1 fully saturated rings. The number of aromatic nitrogens is 3. The zero-order valence-corrected chi connectivity index (χ0v) is 18.4. The normalized spacial score (nSPS) is 14.1. The molecule has 1 aliphatic rings. The first-order chi connectivity index (χ1) is 16.6. The highest BCUT2D eigenvalue weighted by molar-refractivity contribution is 6.03. The van der Waals surface area contributed by atoms with Gasteiger partial charge in [-0.2, -0.15) is 0 Å². The van der Waals surface area contributed by atoms with Gasteiger partial charge in [0.1, 0.15) is 17.3 Å². The van der Waals surface area contributed by atoms with Crippen molar-refractivity contribution in [2.45, 2.75) is 18.8 Å². The average molecular weight is 457 g/mol. The van der Waals surface area contributed by atoms with Gasteiger partial charge in [0, 0.05) is 41.7 Å². The SMILES string of the molecule is NC(=O)n1ccc2cc(Oc3ccnc(NC(=O)c4ccc(C5CCNCC5)nc4)c3)ccc21. The molecule has 0 saturated carbocycles. The first-order valence-electron chi connectivity index (χ1n) is 11.1. The van der Waals surface area contributed by atoms with E-state index < -0.39 is 6.03 Å². The number of nitrogens with one attached hydrogen (secondary N) is 2. The van der Waals surface area contributed by atoms with E-state index in [1.165, 1.54) is 4.57 Å². The number of carbonyl (C=O) groups excluding carboxylic acids is 2. The summed E-state index contributed by atoms with van der Waals surface area (Å²) in [4.78, 5) is 32.9. The van der Waals surface area contributed by atoms with Crippen LogP contribution < -0.4 is 21.1 Å². The molecule has 0 aliphatic carbocycles. The number of fused-ring (bicyclic) bond motifs is 1. The summed E-state index contributed by atoms with van der Waals surface area (Å²) >= 11 is 0. The van der Waals surface area contributed by atoms with E-state index in [9.17, 15) is 9.59 Å². The second-order valence-corrected chi connectivity index (χ2v) is 8.17. The number of rotatable bonds is 5. The van der Waals surface area contributed by atoms with E-state index in [0.29, 0.717) is 34.3 Å². The van der Waals surface area contributed by atoms with E-state index in [1.54, 1.807) is 55.0 Å². The van der Waals surface area contributed by atoms with E-state index >= 15 is 0 Å². The van der Waals surface area contributed by atoms with Crippen LogP contribution in [0.2, 0.25) is 0 Å². The lowest BCUT2D eigenvalue weighted by atomic mass is 9.94. The monoisotopic (exact) mass is 456 g/mol. The second kappa shape index (κ2) is 9.32. The van der Waals surface area contributed by atoms with Gasteiger partial charge in [-0.25, -0.2) is 9.78 Å². The van der Waals surface area contributed by atoms with Crippen molar-refractivity contribution < 1.29 is 14.3 Å². The van der Waals surface area contributed by atoms with E-state index in [4.69, 9.17) is 10.5 Å². The standard InChI is InChI=1S/C25H24N6O3/c26-25(33)31-12-8-17-13-19(2-4-22(17)31)34-20-7-11-28-23(14-20)30-24(32)18-1-3-21(29-15-18)16-5-9-27-10-6-16/h1-4,7-8,11-16,27H,5-6,9-10H2,(H2,26,33)(H,28,30,32). The van der Waals surface area contributed by atoms with Gasteiger partial charge in [0.25, 0.3) is 5.91 Å². The van der Waals surface area contributed by atoms with Crippen molar-refractivity contribution in [1.82, 2.24) is 19.9 Å². The number of amides is 2. The number of anilines is 1. The van der Waals surface area contributed by atoms with Gasteiger partial charge in [0.2, 0.25) is 0 Å². The first-order valence-corrected chi connectivity index (χ1v) is 11.1. The summed E-state index contributed by atoms with van der Waals surface area (Å²) in [5, 5.41) is 6.96. The maximum Gasteiger partial charge on any atom is 0.323 e. The van der Waals surface area contributed by atoms with E-state index in [2.05, 4.69) is 20.6 Å². The number of nitrogens with two attached hydrogens (primary N) is 1. The number of hydrogen-bond acceptors (Lipinski definition) is 6. The number of benzene rings is 1. The molecule has 1 aromatic carbocycles. The van der Waals surface area contributed by atoms with E-state index in [-0.39, 0.29) is 5.91 Å². The Hall–Kier alpha value is -4.24. The van der Waals surface area contributed by atoms with Crippen molar-refractivity contribution >= 4 is 28.7 Å². The van der Waals surface area contributed by atoms with Crippen molar-refractivity contribution in [2.75, 3.05) is 18.4 Å². The largest absolute Gasteiger partial charge is 0.457 e. The molecule has 4 N–H and O–H groups in total. The lowest BCUT2D eigenvalue weighted by Gasteiger charge is -2.22. The van der Waals surface area contributed by atoms with Crippen LogP contribution in [0.15, 0.2) is 67.1 Å². The molecular formula is C25H24N6O3. The van der Waals surface area contributed by atoms with Gasteiger partial charge in [-0.05, 0) is 68.4 Å². The molecule has 9 nitrogen and oxygen atoms in total. The zero-order valence-electron chi connectivity index (χ0n) is 18.4. The van der Waals surface area contributed by atoms with Gasteiger partial charge < -0.3 is 21.1 Å². The fourth-order valence-corrected chi connectivity index (χ4v) is 4.14. The van der Waals surface area contributed by atoms with Gasteiger partial charge in [0.15, 0.2) is 0 Å². The molecule has 0 radical (unpaired) electrons. The molecule has 4 aromatic rings. The van der Waals surface area contributed by atoms with Crippen molar-refractivity contribution in [2.24, 2.45) is 5.73 Å². The minimum atomic E-state index is -0.547. The number of hydrogen-bond donors (Lipinski definition) is 3. The Balaban J connectivity index is 1.26. The van der Waals surface area contributed by atoms with Crippen molar-refractivity contribution in [3.05, 3.63) is 78.4 Å². The molecule has 1 aliphatic heterocycles. The van der Waals surface area contributed by atoms with E-state index in [0.717, 1.165) is 37.0 Å². The molecule has 0 bridgehead atoms. The van der Waals surface area contributed by atoms with Gasteiger partial charge in [0.05, 0.1) is 11.1 Å². The predicted molar refractivity (Wildman–Crippen MR) is 128 cm³/mol. The third-order valence-electron chi connectivity index (χ3n) is 5.91. The van der Waals surface area contributed by atoms with Crippen LogP contribution in [-0.2, 0) is 0 Å². The van der Waals surface area contributed by atoms with Crippen molar-refractivity contribution in [1.29, 1.82) is 0 Å². The minimum absolute atomic E-state index is 0.289. The number of nitrogens with zero attached hydrogens (tertiary/aromatic N) is 3. The summed E-state index contributed by atoms with van der Waals surface area (Å²) < 4.78 is 7.30. The molecule has 0 atom stereocenters. The molecule has 4 heterocycles. The minimum Gasteiger partial charge on any atom is -0.457 e. The molecule has 5 rings (SSSR count). The fraction of sp³-hybridized carbons (Fsp3) is 0.200. The molecule has 1 saturated heterocycles. The smallest absolute Gasteiger partial charge is 0.323 e. The summed E-state index contributed by atoms with van der Waals surface area (Å²) in [5.41, 5.74) is 7.56. The Kier molecular flexibility index (Phi) is 5.92. The lowest BCUT2D eigenvalue weighted by molar-refractivity contribution is 0.102. The summed E-state index contributed by atoms with van der Waals surface area (Å²) in [7, 11) is 0. The molecule has 0 unspecified atom stereocenters. The third-order valence-corrected chi connectivity index (χ3v) is 5.91. The lowest BCUT2D eigenvalue weighted by Crippen LogP contribution is -2.27. The van der Waals surface area contributed by atoms with Crippen molar-refractivity contribution in [3.63, 3.8) is 0 Å². The van der Waals surface area contributed by atoms with Crippen LogP contribution in [0.1, 0.15) is 34.8 Å². The van der Waals surface area contributed by atoms with Gasteiger partial charge in [-0.3, -0.25) is 14.3 Å². The molecule has 2 amide bonds. The van der Waals surface area contributed by atoms with Gasteiger partial charge in [-0.1, -0.05) is 0 Å². The Bertz CT molecular complexity index is 1340. The maximum atomic E-state index is 12.7. The van der Waals surface area contributed by atoms with Crippen LogP contribution >= 0.6 is 0 Å². The Labute approximate surface area is 196 Å².